The van der Waals surface area contributed by atoms with Gasteiger partial charge in [0.05, 0.1) is 48.1 Å². The number of nitrogens with zero attached hydrogens (tertiary/aromatic N) is 2. The van der Waals surface area contributed by atoms with Crippen molar-refractivity contribution in [3.63, 3.8) is 0 Å². The quantitative estimate of drug-likeness (QED) is 0.617. The van der Waals surface area contributed by atoms with Crippen LogP contribution in [0, 0.1) is 6.85 Å². The monoisotopic (exact) mass is 370 g/mol. The van der Waals surface area contributed by atoms with Crippen LogP contribution in [-0.4, -0.2) is 39.5 Å². The van der Waals surface area contributed by atoms with Gasteiger partial charge in [0.1, 0.15) is 5.75 Å². The average Bonchev–Trinajstić information content (AvgIpc) is 3.25. The minimum Gasteiger partial charge on any atom is -0.493 e. The molecule has 0 spiro atoms. The third-order valence-electron chi connectivity index (χ3n) is 3.02. The van der Waals surface area contributed by atoms with Crippen LogP contribution in [0.25, 0.3) is 11.0 Å². The Kier molecular flexibility index (Phi) is 2.77. The van der Waals surface area contributed by atoms with Crippen molar-refractivity contribution in [1.82, 2.24) is 15.0 Å². The summed E-state index contributed by atoms with van der Waals surface area (Å²) in [5.41, 5.74) is -5.32. The molecule has 0 radical (unpaired) electrons. The highest BCUT2D eigenvalue weighted by molar-refractivity contribution is 7.84. The van der Waals surface area contributed by atoms with Crippen LogP contribution in [0.15, 0.2) is 41.5 Å². The van der Waals surface area contributed by atoms with Gasteiger partial charge in [0, 0.05) is 38.7 Å². The zero-order chi connectivity index (χ0) is 27.2. The van der Waals surface area contributed by atoms with Crippen molar-refractivity contribution in [1.29, 1.82) is 0 Å². The SMILES string of the molecule is [2H]c1nc(C([2H])([2H])S(=O)c2nc3c([2H])c([2H])c([2H])c([2H])c3[nH]2)c(C([2H])([2H])[2H])c(OCCCOC)c1[2H]. The molecule has 1 N–H and O–H groups in total. The number of H-pyrrole nitrogens is 1. The summed E-state index contributed by atoms with van der Waals surface area (Å²) in [6.07, 6.45) is -0.495. The van der Waals surface area contributed by atoms with Crippen LogP contribution >= 0.6 is 0 Å². The predicted molar refractivity (Wildman–Crippen MR) is 97.2 cm³/mol. The summed E-state index contributed by atoms with van der Waals surface area (Å²) in [6.45, 7) is -2.92. The fourth-order valence-corrected chi connectivity index (χ4v) is 2.65. The molecule has 2 heterocycles. The van der Waals surface area contributed by atoms with Gasteiger partial charge in [-0.25, -0.2) is 4.98 Å². The number of benzene rings is 1. The van der Waals surface area contributed by atoms with Gasteiger partial charge in [-0.05, 0) is 25.0 Å². The Balaban J connectivity index is 2.20. The maximum atomic E-state index is 13.4. The Morgan fingerprint density at radius 3 is 3.08 bits per heavy atom. The number of rotatable bonds is 8. The minimum absolute atomic E-state index is 0.106. The van der Waals surface area contributed by atoms with Crippen LogP contribution in [0.2, 0.25) is 0 Å². The first-order valence-electron chi connectivity index (χ1n) is 12.7. The predicted octanol–water partition coefficient (Wildman–Crippen LogP) is 2.99. The fraction of sp³-hybridized carbons (Fsp3) is 0.333. The summed E-state index contributed by atoms with van der Waals surface area (Å²) < 4.78 is 112. The number of imidazole rings is 1. The molecular weight excluding hydrogens is 338 g/mol. The highest BCUT2D eigenvalue weighted by Crippen LogP contribution is 2.22. The van der Waals surface area contributed by atoms with Gasteiger partial charge in [0.2, 0.25) is 0 Å². The maximum absolute atomic E-state index is 13.4. The summed E-state index contributed by atoms with van der Waals surface area (Å²) in [7, 11) is -1.39. The number of aromatic nitrogens is 3. The number of nitrogens with one attached hydrogen (secondary N) is 1. The van der Waals surface area contributed by atoms with Crippen molar-refractivity contribution in [3.8, 4) is 5.75 Å². The third-order valence-corrected chi connectivity index (χ3v) is 3.94. The molecule has 2 aromatic heterocycles. The second kappa shape index (κ2) is 8.22. The van der Waals surface area contributed by atoms with E-state index in [0.717, 1.165) is 0 Å². The number of pyridine rings is 1. The second-order valence-electron chi connectivity index (χ2n) is 4.73. The van der Waals surface area contributed by atoms with Gasteiger partial charge in [-0.15, -0.1) is 0 Å². The van der Waals surface area contributed by atoms with Gasteiger partial charge in [-0.3, -0.25) is 9.19 Å². The van der Waals surface area contributed by atoms with E-state index in [9.17, 15) is 4.21 Å². The summed E-state index contributed by atoms with van der Waals surface area (Å²) in [5.74, 6) is -0.592. The van der Waals surface area contributed by atoms with Crippen molar-refractivity contribution in [2.24, 2.45) is 0 Å². The maximum Gasteiger partial charge on any atom is 0.197 e. The molecule has 0 fully saturated rings. The molecule has 6 nitrogen and oxygen atoms in total. The zero-order valence-electron chi connectivity index (χ0n) is 24.1. The summed E-state index contributed by atoms with van der Waals surface area (Å²) >= 11 is 0. The molecule has 0 bridgehead atoms. The number of fused-ring (bicyclic) bond motifs is 1. The van der Waals surface area contributed by atoms with E-state index in [4.69, 9.17) is 24.6 Å². The molecule has 1 unspecified atom stereocenters. The van der Waals surface area contributed by atoms with E-state index in [1.807, 2.05) is 0 Å². The number of methoxy groups -OCH3 is 1. The van der Waals surface area contributed by atoms with Gasteiger partial charge < -0.3 is 14.5 Å². The molecule has 0 aliphatic carbocycles. The van der Waals surface area contributed by atoms with Gasteiger partial charge in [0.15, 0.2) is 5.16 Å². The van der Waals surface area contributed by atoms with Crippen LogP contribution in [0.1, 0.15) is 32.8 Å². The van der Waals surface area contributed by atoms with Crippen molar-refractivity contribution < 1.29 is 28.8 Å². The first-order chi connectivity index (χ1) is 16.6. The van der Waals surface area contributed by atoms with E-state index in [0.29, 0.717) is 6.42 Å². The fourth-order valence-electron chi connectivity index (χ4n) is 1.86. The van der Waals surface area contributed by atoms with Crippen LogP contribution in [0.3, 0.4) is 0 Å². The second-order valence-corrected chi connectivity index (χ2v) is 5.86. The Labute approximate surface area is 164 Å². The summed E-state index contributed by atoms with van der Waals surface area (Å²) in [4.78, 5) is 9.97. The normalized spacial score (nSPS) is 19.8. The van der Waals surface area contributed by atoms with E-state index in [1.165, 1.54) is 7.11 Å². The van der Waals surface area contributed by atoms with E-state index < -0.39 is 81.9 Å². The standard InChI is InChI=1S/C18H21N3O3S/c1-13-16(19-9-8-17(13)24-11-5-10-23-2)12-25(22)18-20-14-6-3-4-7-15(14)21-18/h3-4,6-9H,5,10-12H2,1-2H3,(H,20,21)/i1D3,3D,4D,6D,7D,8D,9D,12D2. The molecule has 0 amide bonds. The van der Waals surface area contributed by atoms with Crippen LogP contribution < -0.4 is 4.74 Å². The Morgan fingerprint density at radius 1 is 1.36 bits per heavy atom. The molecule has 0 saturated carbocycles. The first kappa shape index (κ1) is 8.42. The molecule has 0 aliphatic rings. The number of hydrogen-bond donors (Lipinski definition) is 1. The zero-order valence-corrected chi connectivity index (χ0v) is 14.0. The highest BCUT2D eigenvalue weighted by atomic mass is 32.2. The molecule has 132 valence electrons. The van der Waals surface area contributed by atoms with Gasteiger partial charge >= 0.3 is 0 Å². The topological polar surface area (TPSA) is 77.1 Å². The molecule has 1 aromatic carbocycles. The molecule has 3 aromatic rings. The van der Waals surface area contributed by atoms with Gasteiger partial charge in [-0.2, -0.15) is 0 Å². The Hall–Kier alpha value is -2.25. The smallest absolute Gasteiger partial charge is 0.197 e. The molecule has 0 aliphatic heterocycles. The number of aromatic amines is 1. The van der Waals surface area contributed by atoms with Gasteiger partial charge in [0.25, 0.3) is 0 Å². The van der Waals surface area contributed by atoms with E-state index >= 15 is 0 Å². The lowest BCUT2D eigenvalue weighted by atomic mass is 10.2. The third kappa shape index (κ3) is 4.24. The number of hydrogen-bond acceptors (Lipinski definition) is 5. The summed E-state index contributed by atoms with van der Waals surface area (Å²) in [5, 5.41) is -0.593. The lowest BCUT2D eigenvalue weighted by molar-refractivity contribution is 0.172. The molecule has 0 saturated heterocycles. The molecule has 25 heavy (non-hydrogen) atoms. The van der Waals surface area contributed by atoms with Crippen LogP contribution in [0.4, 0.5) is 0 Å². The minimum atomic E-state index is -3.09. The number of para-hydroxylation sites is 2. The molecule has 7 heteroatoms. The Bertz CT molecular complexity index is 1300. The average molecular weight is 371 g/mol. The van der Waals surface area contributed by atoms with Crippen LogP contribution in [-0.2, 0) is 21.2 Å². The van der Waals surface area contributed by atoms with Crippen LogP contribution in [0.5, 0.6) is 5.75 Å². The van der Waals surface area contributed by atoms with Gasteiger partial charge in [-0.1, -0.05) is 12.1 Å². The molecule has 3 rings (SSSR count). The van der Waals surface area contributed by atoms with Crippen molar-refractivity contribution >= 4 is 21.8 Å². The first-order valence-corrected chi connectivity index (χ1v) is 8.31. The van der Waals surface area contributed by atoms with Crippen molar-refractivity contribution in [2.45, 2.75) is 24.1 Å². The highest BCUT2D eigenvalue weighted by Gasteiger charge is 2.14. The molecular formula is C18H21N3O3S. The van der Waals surface area contributed by atoms with Crippen molar-refractivity contribution in [2.75, 3.05) is 20.3 Å². The molecule has 1 atom stereocenters. The lowest BCUT2D eigenvalue weighted by Gasteiger charge is -2.11. The van der Waals surface area contributed by atoms with E-state index in [-0.39, 0.29) is 24.2 Å². The lowest BCUT2D eigenvalue weighted by Crippen LogP contribution is -2.06. The van der Waals surface area contributed by atoms with Crippen molar-refractivity contribution in [3.05, 3.63) is 47.6 Å². The largest absolute Gasteiger partial charge is 0.493 e. The summed E-state index contributed by atoms with van der Waals surface area (Å²) in [6, 6.07) is -2.90. The Morgan fingerprint density at radius 2 is 2.24 bits per heavy atom. The number of ether oxygens (including phenoxy) is 2. The van der Waals surface area contributed by atoms with E-state index in [1.54, 1.807) is 0 Å². The van der Waals surface area contributed by atoms with E-state index in [2.05, 4.69) is 15.0 Å².